The number of aromatic amines is 1. The lowest BCUT2D eigenvalue weighted by molar-refractivity contribution is -0.124. The van der Waals surface area contributed by atoms with Crippen molar-refractivity contribution in [3.05, 3.63) is 35.3 Å². The summed E-state index contributed by atoms with van der Waals surface area (Å²) in [4.78, 5) is 39.4. The molecule has 3 rings (SSSR count). The number of fused-ring (bicyclic) bond motifs is 1. The van der Waals surface area contributed by atoms with E-state index in [1.165, 1.54) is 6.07 Å². The minimum absolute atomic E-state index is 0.131. The fourth-order valence-electron chi connectivity index (χ4n) is 3.76. The Morgan fingerprint density at radius 3 is 2.77 bits per heavy atom. The maximum Gasteiger partial charge on any atom is 0.268 e. The molecule has 2 aromatic rings. The summed E-state index contributed by atoms with van der Waals surface area (Å²) in [6, 6.07) is 5.62. The number of H-pyrrole nitrogens is 1. The molecule has 1 aromatic carbocycles. The van der Waals surface area contributed by atoms with Gasteiger partial charge in [-0.15, -0.1) is 0 Å². The lowest BCUT2D eigenvalue weighted by atomic mass is 9.92. The Morgan fingerprint density at radius 2 is 2.13 bits per heavy atom. The van der Waals surface area contributed by atoms with Crippen molar-refractivity contribution in [2.45, 2.75) is 45.2 Å². The molecule has 0 spiro atoms. The number of carbonyl (C=O) groups excluding carboxylic acids is 3. The fraction of sp³-hybridized carbons (Fsp3) is 0.429. The molecule has 0 bridgehead atoms. The van der Waals surface area contributed by atoms with Gasteiger partial charge in [0.1, 0.15) is 17.6 Å². The molecule has 30 heavy (non-hydrogen) atoms. The highest BCUT2D eigenvalue weighted by Crippen LogP contribution is 2.27. The van der Waals surface area contributed by atoms with Crippen LogP contribution < -0.4 is 16.0 Å². The molecule has 158 valence electrons. The number of carbonyl (C=O) groups is 3. The number of nitrogens with one attached hydrogen (secondary N) is 4. The normalized spacial score (nSPS) is 18.5. The van der Waals surface area contributed by atoms with Gasteiger partial charge < -0.3 is 20.9 Å². The van der Waals surface area contributed by atoms with Gasteiger partial charge in [-0.2, -0.15) is 5.26 Å². The highest BCUT2D eigenvalue weighted by molar-refractivity contribution is 6.00. The average molecular weight is 413 g/mol. The summed E-state index contributed by atoms with van der Waals surface area (Å²) in [7, 11) is 0. The van der Waals surface area contributed by atoms with E-state index in [9.17, 15) is 24.0 Å². The van der Waals surface area contributed by atoms with Gasteiger partial charge in [-0.25, -0.2) is 4.39 Å². The van der Waals surface area contributed by atoms with Gasteiger partial charge in [0.05, 0.1) is 18.1 Å². The second-order valence-electron chi connectivity index (χ2n) is 8.26. The lowest BCUT2D eigenvalue weighted by Gasteiger charge is -2.17. The largest absolute Gasteiger partial charge is 0.351 e. The van der Waals surface area contributed by atoms with Crippen LogP contribution in [0.1, 0.15) is 42.7 Å². The van der Waals surface area contributed by atoms with Gasteiger partial charge in [0.15, 0.2) is 0 Å². The summed E-state index contributed by atoms with van der Waals surface area (Å²) in [6.45, 7) is 5.08. The van der Waals surface area contributed by atoms with Crippen molar-refractivity contribution in [3.8, 4) is 6.07 Å². The van der Waals surface area contributed by atoms with Gasteiger partial charge in [-0.1, -0.05) is 0 Å². The summed E-state index contributed by atoms with van der Waals surface area (Å²) < 4.78 is 13.7. The van der Waals surface area contributed by atoms with Crippen molar-refractivity contribution in [3.63, 3.8) is 0 Å². The number of nitrogens with zero attached hydrogens (tertiary/aromatic N) is 1. The lowest BCUT2D eigenvalue weighted by Crippen LogP contribution is -2.42. The Morgan fingerprint density at radius 1 is 1.40 bits per heavy atom. The van der Waals surface area contributed by atoms with Crippen LogP contribution in [-0.4, -0.2) is 40.8 Å². The molecule has 0 radical (unpaired) electrons. The number of amides is 3. The molecule has 1 aromatic heterocycles. The molecule has 4 N–H and O–H groups in total. The summed E-state index contributed by atoms with van der Waals surface area (Å²) in [5.74, 6) is -1.92. The van der Waals surface area contributed by atoms with Gasteiger partial charge in [0, 0.05) is 22.4 Å². The van der Waals surface area contributed by atoms with Crippen LogP contribution in [0.5, 0.6) is 0 Å². The van der Waals surface area contributed by atoms with Crippen LogP contribution in [0.4, 0.5) is 4.39 Å². The van der Waals surface area contributed by atoms with Gasteiger partial charge in [-0.3, -0.25) is 14.4 Å². The number of halogens is 1. The zero-order valence-electron chi connectivity index (χ0n) is 17.1. The number of aryl methyl sites for hydroxylation is 1. The molecule has 3 amide bonds. The Balaban J connectivity index is 1.55. The van der Waals surface area contributed by atoms with Crippen molar-refractivity contribution in [1.82, 2.24) is 20.9 Å². The molecule has 9 heteroatoms. The van der Waals surface area contributed by atoms with Gasteiger partial charge in [-0.05, 0) is 51.8 Å². The summed E-state index contributed by atoms with van der Waals surface area (Å²) in [5.41, 5.74) is 0.793. The van der Waals surface area contributed by atoms with E-state index >= 15 is 0 Å². The molecular weight excluding hydrogens is 389 g/mol. The van der Waals surface area contributed by atoms with E-state index < -0.39 is 17.9 Å². The predicted molar refractivity (Wildman–Crippen MR) is 108 cm³/mol. The zero-order chi connectivity index (χ0) is 22.1. The van der Waals surface area contributed by atoms with Crippen LogP contribution in [0.15, 0.2) is 18.2 Å². The minimum atomic E-state index is -0.835. The summed E-state index contributed by atoms with van der Waals surface area (Å²) in [5, 5.41) is 17.9. The first-order valence-corrected chi connectivity index (χ1v) is 9.66. The second kappa shape index (κ2) is 8.14. The molecule has 2 heterocycles. The first kappa shape index (κ1) is 21.3. The average Bonchev–Trinajstić information content (AvgIpc) is 3.22. The maximum atomic E-state index is 13.7. The molecule has 0 unspecified atom stereocenters. The quantitative estimate of drug-likeness (QED) is 0.574. The molecule has 1 saturated heterocycles. The van der Waals surface area contributed by atoms with Crippen LogP contribution >= 0.6 is 0 Å². The third-order valence-electron chi connectivity index (χ3n) is 5.25. The molecular formula is C21H24FN5O3. The molecule has 1 aliphatic rings. The standard InChI is InChI=1S/C21H24FN5O3/c1-11-15(22)5-4-12-7-16(26-18(11)12)20(30)24-10-17(28)25-14(9-23)6-13-8-21(2,3)27-19(13)29/h4-5,7,13-14,26H,6,8,10H2,1-3H3,(H,24,30)(H,25,28)(H,27,29)/t13-,14+/m1/s1. The van der Waals surface area contributed by atoms with Crippen molar-refractivity contribution < 1.29 is 18.8 Å². The number of hydrogen-bond acceptors (Lipinski definition) is 4. The van der Waals surface area contributed by atoms with Crippen molar-refractivity contribution >= 4 is 28.6 Å². The zero-order valence-corrected chi connectivity index (χ0v) is 17.1. The molecule has 0 saturated carbocycles. The minimum Gasteiger partial charge on any atom is -0.351 e. The topological polar surface area (TPSA) is 127 Å². The maximum absolute atomic E-state index is 13.7. The third-order valence-corrected chi connectivity index (χ3v) is 5.25. The molecule has 1 fully saturated rings. The second-order valence-corrected chi connectivity index (χ2v) is 8.26. The third kappa shape index (κ3) is 4.59. The van der Waals surface area contributed by atoms with Crippen LogP contribution in [-0.2, 0) is 9.59 Å². The summed E-state index contributed by atoms with van der Waals surface area (Å²) in [6.07, 6.45) is 0.787. The van der Waals surface area contributed by atoms with Gasteiger partial charge in [0.2, 0.25) is 11.8 Å². The first-order valence-electron chi connectivity index (χ1n) is 9.66. The predicted octanol–water partition coefficient (Wildman–Crippen LogP) is 1.66. The molecule has 2 atom stereocenters. The van der Waals surface area contributed by atoms with Gasteiger partial charge >= 0.3 is 0 Å². The van der Waals surface area contributed by atoms with E-state index in [-0.39, 0.29) is 41.8 Å². The number of benzene rings is 1. The monoisotopic (exact) mass is 413 g/mol. The van der Waals surface area contributed by atoms with Crippen LogP contribution in [0.3, 0.4) is 0 Å². The smallest absolute Gasteiger partial charge is 0.268 e. The van der Waals surface area contributed by atoms with Crippen LogP contribution in [0.2, 0.25) is 0 Å². The van der Waals surface area contributed by atoms with E-state index in [2.05, 4.69) is 20.9 Å². The molecule has 8 nitrogen and oxygen atoms in total. The fourth-order valence-corrected chi connectivity index (χ4v) is 3.76. The van der Waals surface area contributed by atoms with E-state index in [0.29, 0.717) is 22.9 Å². The highest BCUT2D eigenvalue weighted by Gasteiger charge is 2.38. The Bertz CT molecular complexity index is 1050. The van der Waals surface area contributed by atoms with E-state index in [4.69, 9.17) is 0 Å². The number of rotatable bonds is 6. The molecule has 1 aliphatic heterocycles. The van der Waals surface area contributed by atoms with E-state index in [1.54, 1.807) is 19.1 Å². The highest BCUT2D eigenvalue weighted by atomic mass is 19.1. The number of hydrogen-bond donors (Lipinski definition) is 4. The van der Waals surface area contributed by atoms with Crippen molar-refractivity contribution in [2.24, 2.45) is 5.92 Å². The van der Waals surface area contributed by atoms with Crippen LogP contribution in [0, 0.1) is 30.0 Å². The summed E-state index contributed by atoms with van der Waals surface area (Å²) >= 11 is 0. The van der Waals surface area contributed by atoms with Crippen LogP contribution in [0.25, 0.3) is 10.9 Å². The molecule has 0 aliphatic carbocycles. The first-order chi connectivity index (χ1) is 14.1. The number of nitriles is 1. The SMILES string of the molecule is Cc1c(F)ccc2cc(C(=O)NCC(=O)N[C@H](C#N)C[C@@H]3CC(C)(C)NC3=O)[nH]c12. The Kier molecular flexibility index (Phi) is 5.78. The van der Waals surface area contributed by atoms with Crippen molar-refractivity contribution in [1.29, 1.82) is 5.26 Å². The van der Waals surface area contributed by atoms with Gasteiger partial charge in [0.25, 0.3) is 5.91 Å². The number of aromatic nitrogens is 1. The Hall–Kier alpha value is -3.41. The Labute approximate surface area is 173 Å². The van der Waals surface area contributed by atoms with E-state index in [0.717, 1.165) is 0 Å². The van der Waals surface area contributed by atoms with Crippen molar-refractivity contribution in [2.75, 3.05) is 6.54 Å². The van der Waals surface area contributed by atoms with E-state index in [1.807, 2.05) is 19.9 Å².